The van der Waals surface area contributed by atoms with Crippen LogP contribution in [0.4, 0.5) is 13.2 Å². The lowest BCUT2D eigenvalue weighted by Gasteiger charge is -2.60. The first-order valence-corrected chi connectivity index (χ1v) is 13.9. The third-order valence-electron chi connectivity index (χ3n) is 9.33. The minimum atomic E-state index is -4.69. The molecule has 1 aliphatic carbocycles. The summed E-state index contributed by atoms with van der Waals surface area (Å²) in [7, 11) is 0. The quantitative estimate of drug-likeness (QED) is 0.309. The molecule has 5 fully saturated rings. The van der Waals surface area contributed by atoms with Crippen LogP contribution in [0.2, 0.25) is 0 Å². The Bertz CT molecular complexity index is 1540. The SMILES string of the molecule is C[C@H]1[C@@H](OCc2cn(-c3ccc4c(C(F)(F)F)cc(=O)oc4c3)nn2)O[C@@H]2O[C@@]3(C)CC[C@H]4[C@H](C)CC[C@@H]1[C@@]24OO3. The van der Waals surface area contributed by atoms with Gasteiger partial charge in [0.05, 0.1) is 24.1 Å². The van der Waals surface area contributed by atoms with Crippen LogP contribution in [0.25, 0.3) is 16.7 Å². The number of halogens is 3. The second-order valence-corrected chi connectivity index (χ2v) is 11.9. The number of hydrogen-bond donors (Lipinski definition) is 0. The second kappa shape index (κ2) is 9.33. The fraction of sp³-hybridized carbons (Fsp3) is 0.607. The molecular formula is C28H30F3N3O7. The maximum Gasteiger partial charge on any atom is 0.417 e. The molecule has 41 heavy (non-hydrogen) atoms. The summed E-state index contributed by atoms with van der Waals surface area (Å²) in [5, 5.41) is 8.03. The summed E-state index contributed by atoms with van der Waals surface area (Å²) in [6.45, 7) is 6.29. The van der Waals surface area contributed by atoms with E-state index in [0.717, 1.165) is 25.7 Å². The molecule has 1 saturated carbocycles. The van der Waals surface area contributed by atoms with Crippen molar-refractivity contribution >= 4 is 11.0 Å². The molecule has 0 unspecified atom stereocenters. The third kappa shape index (κ3) is 4.32. The van der Waals surface area contributed by atoms with Crippen LogP contribution in [0.15, 0.2) is 39.7 Å². The molecule has 8 rings (SSSR count). The van der Waals surface area contributed by atoms with Gasteiger partial charge in [0.15, 0.2) is 18.2 Å². The molecule has 4 aliphatic heterocycles. The highest BCUT2D eigenvalue weighted by Crippen LogP contribution is 2.60. The van der Waals surface area contributed by atoms with Crippen LogP contribution in [0.3, 0.4) is 0 Å². The summed E-state index contributed by atoms with van der Waals surface area (Å²) in [6.07, 6.45) is -0.648. The van der Waals surface area contributed by atoms with Crippen molar-refractivity contribution in [2.45, 2.75) is 83.2 Å². The Hall–Kier alpha value is -2.84. The first kappa shape index (κ1) is 27.0. The maximum atomic E-state index is 13.4. The molecule has 13 heteroatoms. The zero-order valence-corrected chi connectivity index (χ0v) is 22.7. The first-order valence-electron chi connectivity index (χ1n) is 13.9. The van der Waals surface area contributed by atoms with Crippen molar-refractivity contribution in [3.05, 3.63) is 52.1 Å². The number of alkyl halides is 3. The summed E-state index contributed by atoms with van der Waals surface area (Å²) < 4.78 is 65.6. The van der Waals surface area contributed by atoms with Gasteiger partial charge in [0.1, 0.15) is 11.3 Å². The van der Waals surface area contributed by atoms with Crippen LogP contribution in [0.5, 0.6) is 0 Å². The van der Waals surface area contributed by atoms with Crippen LogP contribution in [-0.2, 0) is 36.8 Å². The second-order valence-electron chi connectivity index (χ2n) is 11.9. The molecular weight excluding hydrogens is 547 g/mol. The molecule has 4 saturated heterocycles. The Morgan fingerprint density at radius 1 is 1.12 bits per heavy atom. The van der Waals surface area contributed by atoms with E-state index in [2.05, 4.69) is 24.2 Å². The molecule has 3 aromatic rings. The van der Waals surface area contributed by atoms with Gasteiger partial charge in [-0.1, -0.05) is 19.1 Å². The highest BCUT2D eigenvalue weighted by atomic mass is 19.4. The lowest BCUT2D eigenvalue weighted by molar-refractivity contribution is -0.577. The van der Waals surface area contributed by atoms with E-state index < -0.39 is 41.3 Å². The van der Waals surface area contributed by atoms with Gasteiger partial charge >= 0.3 is 11.8 Å². The van der Waals surface area contributed by atoms with E-state index in [1.807, 2.05) is 6.92 Å². The fourth-order valence-electron chi connectivity index (χ4n) is 7.25. The van der Waals surface area contributed by atoms with Gasteiger partial charge in [-0.15, -0.1) is 5.10 Å². The van der Waals surface area contributed by atoms with E-state index >= 15 is 0 Å². The van der Waals surface area contributed by atoms with Crippen LogP contribution in [-0.4, -0.2) is 39.0 Å². The Morgan fingerprint density at radius 2 is 1.95 bits per heavy atom. The van der Waals surface area contributed by atoms with E-state index in [0.29, 0.717) is 23.4 Å². The number of aromatic nitrogens is 3. The van der Waals surface area contributed by atoms with Crippen LogP contribution >= 0.6 is 0 Å². The Kier molecular flexibility index (Phi) is 6.15. The number of rotatable bonds is 4. The zero-order valence-electron chi connectivity index (χ0n) is 22.7. The molecule has 2 bridgehead atoms. The van der Waals surface area contributed by atoms with Crippen molar-refractivity contribution in [1.82, 2.24) is 15.0 Å². The number of nitrogens with zero attached hydrogens (tertiary/aromatic N) is 3. The van der Waals surface area contributed by atoms with Crippen LogP contribution < -0.4 is 5.63 Å². The molecule has 1 spiro atoms. The van der Waals surface area contributed by atoms with E-state index in [9.17, 15) is 18.0 Å². The highest BCUT2D eigenvalue weighted by molar-refractivity contribution is 5.82. The van der Waals surface area contributed by atoms with Gasteiger partial charge in [0.25, 0.3) is 0 Å². The van der Waals surface area contributed by atoms with Gasteiger partial charge in [0, 0.05) is 35.8 Å². The summed E-state index contributed by atoms with van der Waals surface area (Å²) >= 11 is 0. The number of hydrogen-bond acceptors (Lipinski definition) is 9. The molecule has 0 amide bonds. The lowest BCUT2D eigenvalue weighted by atomic mass is 9.58. The molecule has 1 aromatic carbocycles. The molecule has 0 N–H and O–H groups in total. The molecule has 2 aromatic heterocycles. The van der Waals surface area contributed by atoms with Crippen molar-refractivity contribution in [3.8, 4) is 5.69 Å². The largest absolute Gasteiger partial charge is 0.423 e. The third-order valence-corrected chi connectivity index (χ3v) is 9.33. The zero-order chi connectivity index (χ0) is 28.7. The van der Waals surface area contributed by atoms with Gasteiger partial charge in [-0.05, 0) is 50.2 Å². The summed E-state index contributed by atoms with van der Waals surface area (Å²) in [5.41, 5.74) is -2.18. The van der Waals surface area contributed by atoms with Crippen molar-refractivity contribution in [3.63, 3.8) is 0 Å². The topological polar surface area (TPSA) is 107 Å². The molecule has 10 nitrogen and oxygen atoms in total. The van der Waals surface area contributed by atoms with Gasteiger partial charge in [0.2, 0.25) is 5.79 Å². The summed E-state index contributed by atoms with van der Waals surface area (Å²) in [5.74, 6) is -0.0901. The monoisotopic (exact) mass is 577 g/mol. The minimum absolute atomic E-state index is 0.0165. The average molecular weight is 578 g/mol. The average Bonchev–Trinajstić information content (AvgIpc) is 3.28. The Balaban J connectivity index is 1.10. The Labute approximate surface area is 232 Å². The highest BCUT2D eigenvalue weighted by Gasteiger charge is 2.69. The van der Waals surface area contributed by atoms with Gasteiger partial charge < -0.3 is 18.6 Å². The van der Waals surface area contributed by atoms with Crippen LogP contribution in [0.1, 0.15) is 57.7 Å². The van der Waals surface area contributed by atoms with E-state index in [1.165, 1.54) is 22.9 Å². The first-order chi connectivity index (χ1) is 19.5. The van der Waals surface area contributed by atoms with Crippen molar-refractivity contribution in [2.75, 3.05) is 0 Å². The molecule has 5 aliphatic rings. The predicted molar refractivity (Wildman–Crippen MR) is 134 cm³/mol. The normalized spacial score (nSPS) is 36.7. The van der Waals surface area contributed by atoms with Gasteiger partial charge in [-0.25, -0.2) is 19.3 Å². The number of fused-ring (bicyclic) bond motifs is 3. The minimum Gasteiger partial charge on any atom is -0.423 e. The van der Waals surface area contributed by atoms with Gasteiger partial charge in [-0.2, -0.15) is 13.2 Å². The van der Waals surface area contributed by atoms with Crippen molar-refractivity contribution in [1.29, 1.82) is 0 Å². The molecule has 0 radical (unpaired) electrons. The number of ether oxygens (including phenoxy) is 3. The van der Waals surface area contributed by atoms with Crippen molar-refractivity contribution < 1.29 is 41.6 Å². The summed E-state index contributed by atoms with van der Waals surface area (Å²) in [4.78, 5) is 23.8. The number of benzene rings is 1. The maximum absolute atomic E-state index is 13.4. The standard InChI is InChI=1S/C28H30F3N3O7/c1-14-4-7-20-15(2)24(38-25-27(20)19(14)8-9-26(3,39-25)40-41-27)36-13-16-12-34(33-32-16)17-5-6-18-21(28(29,30)31)11-23(35)37-22(18)10-17/h5-6,10-12,14-15,19-20,24-25H,4,7-9,13H2,1-3H3/t14-,15-,19+,20+,24+,25-,26-,27-/m1/s1. The molecule has 220 valence electrons. The van der Waals surface area contributed by atoms with Gasteiger partial charge in [-0.3, -0.25) is 0 Å². The molecule has 6 heterocycles. The lowest BCUT2D eigenvalue weighted by Crippen LogP contribution is -2.70. The Morgan fingerprint density at radius 3 is 2.76 bits per heavy atom. The smallest absolute Gasteiger partial charge is 0.417 e. The van der Waals surface area contributed by atoms with E-state index in [1.54, 1.807) is 6.20 Å². The summed E-state index contributed by atoms with van der Waals surface area (Å²) in [6, 6.07) is 4.46. The van der Waals surface area contributed by atoms with Crippen molar-refractivity contribution in [2.24, 2.45) is 23.7 Å². The fourth-order valence-corrected chi connectivity index (χ4v) is 7.25. The van der Waals surface area contributed by atoms with E-state index in [4.69, 9.17) is 28.4 Å². The van der Waals surface area contributed by atoms with E-state index in [-0.39, 0.29) is 35.3 Å². The molecule has 8 atom stereocenters. The predicted octanol–water partition coefficient (Wildman–Crippen LogP) is 5.12. The van der Waals surface area contributed by atoms with Crippen LogP contribution in [0, 0.1) is 23.7 Å².